The lowest BCUT2D eigenvalue weighted by molar-refractivity contribution is -0.137. The first-order chi connectivity index (χ1) is 15.2. The summed E-state index contributed by atoms with van der Waals surface area (Å²) in [7, 11) is 0. The van der Waals surface area contributed by atoms with Crippen molar-refractivity contribution in [3.05, 3.63) is 30.1 Å². The minimum Gasteiger partial charge on any atom is -0.353 e. The van der Waals surface area contributed by atoms with E-state index in [0.717, 1.165) is 68.2 Å². The van der Waals surface area contributed by atoms with Gasteiger partial charge in [-0.25, -0.2) is 4.98 Å². The molecule has 1 saturated heterocycles. The maximum absolute atomic E-state index is 12.6. The summed E-state index contributed by atoms with van der Waals surface area (Å²) in [5.41, 5.74) is 1.94. The van der Waals surface area contributed by atoms with Crippen molar-refractivity contribution in [3.8, 4) is 0 Å². The second kappa shape index (κ2) is 10.5. The minimum atomic E-state index is 0.0144. The Morgan fingerprint density at radius 3 is 2.61 bits per heavy atom. The quantitative estimate of drug-likeness (QED) is 0.678. The van der Waals surface area contributed by atoms with Gasteiger partial charge in [-0.15, -0.1) is 0 Å². The first-order valence-electron chi connectivity index (χ1n) is 11.4. The Labute approximate surface area is 188 Å². The van der Waals surface area contributed by atoms with Gasteiger partial charge in [0.15, 0.2) is 0 Å². The number of benzene rings is 1. The number of aromatic nitrogens is 2. The highest BCUT2D eigenvalue weighted by atomic mass is 32.2. The van der Waals surface area contributed by atoms with Gasteiger partial charge in [-0.1, -0.05) is 25.0 Å². The summed E-state index contributed by atoms with van der Waals surface area (Å²) in [6.07, 6.45) is 6.57. The van der Waals surface area contributed by atoms with Crippen molar-refractivity contribution in [2.75, 3.05) is 45.5 Å². The molecule has 0 spiro atoms. The second-order valence-corrected chi connectivity index (χ2v) is 9.40. The van der Waals surface area contributed by atoms with E-state index < -0.39 is 0 Å². The molecule has 8 heteroatoms. The highest BCUT2D eigenvalue weighted by molar-refractivity contribution is 7.97. The number of thioether (sulfide) groups is 1. The molecule has 2 aliphatic rings. The Bertz CT molecular complexity index is 901. The predicted molar refractivity (Wildman–Crippen MR) is 125 cm³/mol. The highest BCUT2D eigenvalue weighted by Gasteiger charge is 2.29. The summed E-state index contributed by atoms with van der Waals surface area (Å²) in [6, 6.07) is 7.97. The number of hydrogen-bond donors (Lipinski definition) is 1. The number of nitrogens with one attached hydrogen (secondary N) is 1. The number of nitrogens with zero attached hydrogens (tertiary/aromatic N) is 4. The van der Waals surface area contributed by atoms with E-state index in [9.17, 15) is 9.59 Å². The first kappa shape index (κ1) is 22.1. The number of amides is 2. The summed E-state index contributed by atoms with van der Waals surface area (Å²) in [6.45, 7) is 5.13. The second-order valence-electron chi connectivity index (χ2n) is 8.53. The van der Waals surface area contributed by atoms with E-state index in [2.05, 4.69) is 15.2 Å². The predicted octanol–water partition coefficient (Wildman–Crippen LogP) is 2.35. The Morgan fingerprint density at radius 2 is 1.87 bits per heavy atom. The molecule has 1 aromatic carbocycles. The lowest BCUT2D eigenvalue weighted by atomic mass is 10.1. The molecule has 1 aromatic heterocycles. The number of piperazine rings is 1. The van der Waals surface area contributed by atoms with Crippen molar-refractivity contribution >= 4 is 34.6 Å². The van der Waals surface area contributed by atoms with Crippen LogP contribution in [0.2, 0.25) is 0 Å². The van der Waals surface area contributed by atoms with Crippen LogP contribution in [0.3, 0.4) is 0 Å². The minimum absolute atomic E-state index is 0.0144. The van der Waals surface area contributed by atoms with E-state index >= 15 is 0 Å². The summed E-state index contributed by atoms with van der Waals surface area (Å²) in [4.78, 5) is 34.2. The molecule has 2 aromatic rings. The third-order valence-electron chi connectivity index (χ3n) is 6.45. The van der Waals surface area contributed by atoms with Gasteiger partial charge < -0.3 is 14.8 Å². The summed E-state index contributed by atoms with van der Waals surface area (Å²) in [5.74, 6) is 2.36. The van der Waals surface area contributed by atoms with E-state index in [1.165, 1.54) is 12.8 Å². The number of hydrogen-bond acceptors (Lipinski definition) is 5. The topological polar surface area (TPSA) is 70.5 Å². The van der Waals surface area contributed by atoms with E-state index in [4.69, 9.17) is 0 Å². The van der Waals surface area contributed by atoms with Gasteiger partial charge in [0.05, 0.1) is 16.8 Å². The largest absolute Gasteiger partial charge is 0.353 e. The van der Waals surface area contributed by atoms with Crippen molar-refractivity contribution in [2.24, 2.45) is 5.92 Å². The maximum Gasteiger partial charge on any atom is 0.240 e. The molecule has 4 rings (SSSR count). The van der Waals surface area contributed by atoms with Crippen molar-refractivity contribution in [3.63, 3.8) is 0 Å². The van der Waals surface area contributed by atoms with Crippen LogP contribution in [0.15, 0.2) is 24.3 Å². The molecular formula is C23H33N5O2S. The Kier molecular flexibility index (Phi) is 7.50. The average molecular weight is 444 g/mol. The standard InChI is InChI=1S/C23H33N5O2S/c1-31-17-21-25-19-8-4-5-9-20(19)28(21)16-22(29)24-10-11-26-12-14-27(15-13-26)23(30)18-6-2-3-7-18/h4-5,8-9,18H,2-3,6-7,10-17H2,1H3,(H,24,29). The molecule has 168 valence electrons. The molecule has 0 bridgehead atoms. The zero-order chi connectivity index (χ0) is 21.6. The molecule has 1 saturated carbocycles. The van der Waals surface area contributed by atoms with E-state index in [1.54, 1.807) is 11.8 Å². The van der Waals surface area contributed by atoms with Gasteiger partial charge >= 0.3 is 0 Å². The molecular weight excluding hydrogens is 410 g/mol. The number of carbonyl (C=O) groups excluding carboxylic acids is 2. The zero-order valence-electron chi connectivity index (χ0n) is 18.4. The van der Waals surface area contributed by atoms with Crippen LogP contribution in [-0.2, 0) is 21.9 Å². The van der Waals surface area contributed by atoms with Crippen LogP contribution < -0.4 is 5.32 Å². The molecule has 0 radical (unpaired) electrons. The number of imidazole rings is 1. The Balaban J connectivity index is 1.22. The lowest BCUT2D eigenvalue weighted by Gasteiger charge is -2.36. The highest BCUT2D eigenvalue weighted by Crippen LogP contribution is 2.27. The smallest absolute Gasteiger partial charge is 0.240 e. The fourth-order valence-electron chi connectivity index (χ4n) is 4.72. The van der Waals surface area contributed by atoms with Crippen molar-refractivity contribution in [2.45, 2.75) is 38.0 Å². The van der Waals surface area contributed by atoms with Gasteiger partial charge in [0, 0.05) is 45.2 Å². The van der Waals surface area contributed by atoms with Crippen LogP contribution in [0.1, 0.15) is 31.5 Å². The van der Waals surface area contributed by atoms with Crippen LogP contribution in [0, 0.1) is 5.92 Å². The molecule has 1 aliphatic carbocycles. The molecule has 2 amide bonds. The number of fused-ring (bicyclic) bond motifs is 1. The molecule has 1 aliphatic heterocycles. The van der Waals surface area contributed by atoms with Crippen molar-refractivity contribution < 1.29 is 9.59 Å². The van der Waals surface area contributed by atoms with Crippen molar-refractivity contribution in [1.82, 2.24) is 24.7 Å². The molecule has 0 atom stereocenters. The zero-order valence-corrected chi connectivity index (χ0v) is 19.2. The van der Waals surface area contributed by atoms with Gasteiger partial charge in [0.2, 0.25) is 11.8 Å². The fraction of sp³-hybridized carbons (Fsp3) is 0.609. The van der Waals surface area contributed by atoms with Crippen LogP contribution >= 0.6 is 11.8 Å². The molecule has 1 N–H and O–H groups in total. The number of carbonyl (C=O) groups is 2. The summed E-state index contributed by atoms with van der Waals surface area (Å²) >= 11 is 1.71. The number of para-hydroxylation sites is 2. The summed E-state index contributed by atoms with van der Waals surface area (Å²) in [5, 5.41) is 3.06. The van der Waals surface area contributed by atoms with E-state index in [1.807, 2.05) is 40.0 Å². The lowest BCUT2D eigenvalue weighted by Crippen LogP contribution is -2.51. The molecule has 7 nitrogen and oxygen atoms in total. The molecule has 2 heterocycles. The van der Waals surface area contributed by atoms with Crippen LogP contribution in [-0.4, -0.2) is 76.7 Å². The van der Waals surface area contributed by atoms with Crippen LogP contribution in [0.25, 0.3) is 11.0 Å². The number of rotatable bonds is 8. The van der Waals surface area contributed by atoms with Gasteiger partial charge in [-0.2, -0.15) is 11.8 Å². The maximum atomic E-state index is 12.6. The third-order valence-corrected chi connectivity index (χ3v) is 6.99. The van der Waals surface area contributed by atoms with E-state index in [-0.39, 0.29) is 11.8 Å². The first-order valence-corrected chi connectivity index (χ1v) is 12.8. The van der Waals surface area contributed by atoms with Gasteiger partial charge in [0.1, 0.15) is 12.4 Å². The normalized spacial score (nSPS) is 18.0. The third kappa shape index (κ3) is 5.41. The van der Waals surface area contributed by atoms with Gasteiger partial charge in [-0.3, -0.25) is 14.5 Å². The summed E-state index contributed by atoms with van der Waals surface area (Å²) < 4.78 is 2.02. The van der Waals surface area contributed by atoms with Crippen molar-refractivity contribution in [1.29, 1.82) is 0 Å². The molecule has 31 heavy (non-hydrogen) atoms. The van der Waals surface area contributed by atoms with Gasteiger partial charge in [-0.05, 0) is 31.2 Å². The Morgan fingerprint density at radius 1 is 1.13 bits per heavy atom. The fourth-order valence-corrected chi connectivity index (χ4v) is 5.20. The van der Waals surface area contributed by atoms with Gasteiger partial charge in [0.25, 0.3) is 0 Å². The Hall–Kier alpha value is -2.06. The monoisotopic (exact) mass is 443 g/mol. The van der Waals surface area contributed by atoms with E-state index in [0.29, 0.717) is 19.0 Å². The van der Waals surface area contributed by atoms with Crippen LogP contribution in [0.4, 0.5) is 0 Å². The average Bonchev–Trinajstić information content (AvgIpc) is 3.43. The van der Waals surface area contributed by atoms with Crippen LogP contribution in [0.5, 0.6) is 0 Å². The SMILES string of the molecule is CSCc1nc2ccccc2n1CC(=O)NCCN1CCN(C(=O)C2CCCC2)CC1. The molecule has 0 unspecified atom stereocenters. The molecule has 2 fully saturated rings.